The first-order valence-corrected chi connectivity index (χ1v) is 5.71. The summed E-state index contributed by atoms with van der Waals surface area (Å²) in [4.78, 5) is 22.3. The molecular weight excluding hydrogens is 279 g/mol. The Bertz CT molecular complexity index is 557. The number of nitrogens with one attached hydrogen (secondary N) is 1. The Balaban J connectivity index is 2.30. The van der Waals surface area contributed by atoms with Gasteiger partial charge in [0.05, 0.1) is 17.1 Å². The van der Waals surface area contributed by atoms with Crippen LogP contribution in [-0.2, 0) is 9.59 Å². The maximum atomic E-state index is 11.7. The molecule has 5 nitrogen and oxygen atoms in total. The van der Waals surface area contributed by atoms with E-state index in [4.69, 9.17) is 28.3 Å². The molecule has 1 heterocycles. The lowest BCUT2D eigenvalue weighted by Crippen LogP contribution is -2.33. The second-order valence-electron chi connectivity index (χ2n) is 3.62. The minimum absolute atomic E-state index is 0.00868. The van der Waals surface area contributed by atoms with Gasteiger partial charge in [-0.2, -0.15) is 0 Å². The quantitative estimate of drug-likeness (QED) is 0.818. The normalized spacial score (nSPS) is 17.1. The topological polar surface area (TPSA) is 69.6 Å². The molecule has 0 atom stereocenters. The van der Waals surface area contributed by atoms with Crippen LogP contribution in [0.1, 0.15) is 6.42 Å². The predicted octanol–water partition coefficient (Wildman–Crippen LogP) is 2.20. The molecule has 1 aromatic rings. The first-order chi connectivity index (χ1) is 8.47. The van der Waals surface area contributed by atoms with Crippen molar-refractivity contribution in [1.29, 1.82) is 0 Å². The number of hydrogen-bond donors (Lipinski definition) is 2. The second kappa shape index (κ2) is 4.88. The molecule has 1 amide bonds. The number of anilines is 1. The standard InChI is InChI=1S/C11H8Cl2N2O3/c12-6-1-2-9(8(13)3-6)15-10(16)4-7(14-15)5-11(17)18/h1-3,5,14H,4H2,(H,17,18). The summed E-state index contributed by atoms with van der Waals surface area (Å²) >= 11 is 11.7. The van der Waals surface area contributed by atoms with Crippen molar-refractivity contribution in [3.63, 3.8) is 0 Å². The molecule has 0 radical (unpaired) electrons. The fourth-order valence-corrected chi connectivity index (χ4v) is 2.07. The number of benzene rings is 1. The van der Waals surface area contributed by atoms with Gasteiger partial charge in [0, 0.05) is 16.8 Å². The lowest BCUT2D eigenvalue weighted by molar-refractivity contribution is -0.131. The first-order valence-electron chi connectivity index (χ1n) is 4.95. The van der Waals surface area contributed by atoms with E-state index >= 15 is 0 Å². The van der Waals surface area contributed by atoms with Gasteiger partial charge in [-0.3, -0.25) is 10.2 Å². The highest BCUT2D eigenvalue weighted by atomic mass is 35.5. The van der Waals surface area contributed by atoms with Gasteiger partial charge in [0.1, 0.15) is 0 Å². The van der Waals surface area contributed by atoms with Gasteiger partial charge in [0.15, 0.2) is 0 Å². The third-order valence-electron chi connectivity index (χ3n) is 2.29. The number of hydrogen-bond acceptors (Lipinski definition) is 3. The second-order valence-corrected chi connectivity index (χ2v) is 4.46. The smallest absolute Gasteiger partial charge is 0.330 e. The summed E-state index contributed by atoms with van der Waals surface area (Å²) in [5.41, 5.74) is 3.42. The maximum Gasteiger partial charge on any atom is 0.330 e. The predicted molar refractivity (Wildman–Crippen MR) is 67.4 cm³/mol. The van der Waals surface area contributed by atoms with E-state index in [-0.39, 0.29) is 12.3 Å². The van der Waals surface area contributed by atoms with E-state index in [0.717, 1.165) is 6.08 Å². The van der Waals surface area contributed by atoms with Crippen LogP contribution in [0.15, 0.2) is 30.0 Å². The monoisotopic (exact) mass is 286 g/mol. The third kappa shape index (κ3) is 2.57. The molecule has 2 rings (SSSR count). The van der Waals surface area contributed by atoms with Crippen molar-refractivity contribution in [3.05, 3.63) is 40.0 Å². The van der Waals surface area contributed by atoms with Gasteiger partial charge >= 0.3 is 5.97 Å². The molecule has 1 aliphatic heterocycles. The Morgan fingerprint density at radius 1 is 1.44 bits per heavy atom. The number of aliphatic carboxylic acids is 1. The summed E-state index contributed by atoms with van der Waals surface area (Å²) in [6.45, 7) is 0. The minimum atomic E-state index is -1.12. The molecule has 2 N–H and O–H groups in total. The first kappa shape index (κ1) is 12.7. The number of carbonyl (C=O) groups is 2. The van der Waals surface area contributed by atoms with E-state index in [9.17, 15) is 9.59 Å². The highest BCUT2D eigenvalue weighted by molar-refractivity contribution is 6.36. The summed E-state index contributed by atoms with van der Waals surface area (Å²) in [6, 6.07) is 4.68. The summed E-state index contributed by atoms with van der Waals surface area (Å²) in [6.07, 6.45) is 0.937. The molecule has 18 heavy (non-hydrogen) atoms. The Kier molecular flexibility index (Phi) is 3.45. The summed E-state index contributed by atoms with van der Waals surface area (Å²) in [5.74, 6) is -1.40. The summed E-state index contributed by atoms with van der Waals surface area (Å²) in [5, 5.41) is 10.6. The molecular formula is C11H8Cl2N2O3. The highest BCUT2D eigenvalue weighted by Gasteiger charge is 2.27. The van der Waals surface area contributed by atoms with E-state index in [2.05, 4.69) is 5.43 Å². The van der Waals surface area contributed by atoms with Crippen LogP contribution in [0.4, 0.5) is 5.69 Å². The van der Waals surface area contributed by atoms with Gasteiger partial charge < -0.3 is 5.11 Å². The molecule has 7 heteroatoms. The number of carboxylic acid groups (broad SMARTS) is 1. The zero-order chi connectivity index (χ0) is 13.3. The van der Waals surface area contributed by atoms with E-state index in [1.54, 1.807) is 12.1 Å². The Morgan fingerprint density at radius 3 is 2.78 bits per heavy atom. The van der Waals surface area contributed by atoms with Crippen molar-refractivity contribution in [2.24, 2.45) is 0 Å². The number of carboxylic acids is 1. The SMILES string of the molecule is O=C(O)C=C1CC(=O)N(c2ccc(Cl)cc2Cl)N1. The van der Waals surface area contributed by atoms with Crippen molar-refractivity contribution in [2.75, 3.05) is 5.01 Å². The van der Waals surface area contributed by atoms with Crippen LogP contribution in [0.2, 0.25) is 10.0 Å². The van der Waals surface area contributed by atoms with Crippen LogP contribution in [0.5, 0.6) is 0 Å². The summed E-state index contributed by atoms with van der Waals surface area (Å²) < 4.78 is 0. The molecule has 0 bridgehead atoms. The number of carbonyl (C=O) groups excluding carboxylic acids is 1. The average Bonchev–Trinajstić information content (AvgIpc) is 2.58. The number of halogens is 2. The molecule has 0 unspecified atom stereocenters. The largest absolute Gasteiger partial charge is 0.478 e. The lowest BCUT2D eigenvalue weighted by atomic mass is 10.3. The van der Waals surface area contributed by atoms with Crippen molar-refractivity contribution < 1.29 is 14.7 Å². The molecule has 0 aliphatic carbocycles. The average molecular weight is 287 g/mol. The molecule has 1 aliphatic rings. The van der Waals surface area contributed by atoms with E-state index in [1.165, 1.54) is 11.1 Å². The molecule has 0 spiro atoms. The number of rotatable bonds is 2. The van der Waals surface area contributed by atoms with Gasteiger partial charge in [-0.25, -0.2) is 9.80 Å². The molecule has 1 saturated heterocycles. The van der Waals surface area contributed by atoms with E-state index in [0.29, 0.717) is 21.4 Å². The Morgan fingerprint density at radius 2 is 2.17 bits per heavy atom. The zero-order valence-electron chi connectivity index (χ0n) is 8.98. The maximum absolute atomic E-state index is 11.7. The highest BCUT2D eigenvalue weighted by Crippen LogP contribution is 2.30. The molecule has 1 aromatic carbocycles. The number of hydrazine groups is 1. The van der Waals surface area contributed by atoms with Crippen LogP contribution in [-0.4, -0.2) is 17.0 Å². The number of amides is 1. The van der Waals surface area contributed by atoms with Crippen LogP contribution >= 0.6 is 23.2 Å². The number of nitrogens with zero attached hydrogens (tertiary/aromatic N) is 1. The van der Waals surface area contributed by atoms with E-state index in [1.807, 2.05) is 0 Å². The fraction of sp³-hybridized carbons (Fsp3) is 0.0909. The third-order valence-corrected chi connectivity index (χ3v) is 2.83. The lowest BCUT2D eigenvalue weighted by Gasteiger charge is -2.17. The molecule has 0 aromatic heterocycles. The van der Waals surface area contributed by atoms with Gasteiger partial charge in [-0.05, 0) is 18.2 Å². The van der Waals surface area contributed by atoms with Crippen molar-refractivity contribution >= 4 is 40.8 Å². The Labute approximate surface area is 113 Å². The molecule has 1 fully saturated rings. The van der Waals surface area contributed by atoms with Crippen molar-refractivity contribution in [1.82, 2.24) is 5.43 Å². The molecule has 94 valence electrons. The van der Waals surface area contributed by atoms with Gasteiger partial charge in [-0.1, -0.05) is 23.2 Å². The van der Waals surface area contributed by atoms with Gasteiger partial charge in [-0.15, -0.1) is 0 Å². The zero-order valence-corrected chi connectivity index (χ0v) is 10.5. The summed E-state index contributed by atoms with van der Waals surface area (Å²) in [7, 11) is 0. The minimum Gasteiger partial charge on any atom is -0.478 e. The van der Waals surface area contributed by atoms with Crippen LogP contribution in [0, 0.1) is 0 Å². The van der Waals surface area contributed by atoms with Crippen LogP contribution in [0.25, 0.3) is 0 Å². The van der Waals surface area contributed by atoms with Gasteiger partial charge in [0.2, 0.25) is 0 Å². The fourth-order valence-electron chi connectivity index (χ4n) is 1.58. The van der Waals surface area contributed by atoms with Gasteiger partial charge in [0.25, 0.3) is 5.91 Å². The molecule has 0 saturated carbocycles. The van der Waals surface area contributed by atoms with Crippen molar-refractivity contribution in [3.8, 4) is 0 Å². The van der Waals surface area contributed by atoms with Crippen molar-refractivity contribution in [2.45, 2.75) is 6.42 Å². The van der Waals surface area contributed by atoms with Crippen LogP contribution < -0.4 is 10.4 Å². The Hall–Kier alpha value is -1.72. The van der Waals surface area contributed by atoms with Crippen LogP contribution in [0.3, 0.4) is 0 Å². The van der Waals surface area contributed by atoms with E-state index < -0.39 is 5.97 Å².